The van der Waals surface area contributed by atoms with Crippen LogP contribution < -0.4 is 5.32 Å². The van der Waals surface area contributed by atoms with Gasteiger partial charge in [-0.05, 0) is 47.2 Å². The van der Waals surface area contributed by atoms with Crippen LogP contribution in [0.3, 0.4) is 0 Å². The molecule has 0 amide bonds. The van der Waals surface area contributed by atoms with E-state index < -0.39 is 0 Å². The first-order chi connectivity index (χ1) is 7.69. The molecule has 1 atom stereocenters. The Balaban J connectivity index is 2.12. The van der Waals surface area contributed by atoms with Gasteiger partial charge in [-0.15, -0.1) is 22.7 Å². The molecule has 2 rings (SSSR count). The Kier molecular flexibility index (Phi) is 4.44. The van der Waals surface area contributed by atoms with Crippen molar-refractivity contribution in [3.63, 3.8) is 0 Å². The van der Waals surface area contributed by atoms with E-state index in [0.717, 1.165) is 10.8 Å². The third kappa shape index (κ3) is 3.08. The van der Waals surface area contributed by atoms with Crippen molar-refractivity contribution in [2.75, 3.05) is 7.05 Å². The highest BCUT2D eigenvalue weighted by atomic mass is 79.9. The van der Waals surface area contributed by atoms with E-state index in [0.29, 0.717) is 6.04 Å². The fourth-order valence-corrected chi connectivity index (χ4v) is 4.19. The maximum absolute atomic E-state index is 5.93. The Bertz CT molecular complexity index is 466. The molecule has 0 saturated carbocycles. The van der Waals surface area contributed by atoms with Crippen molar-refractivity contribution in [1.29, 1.82) is 0 Å². The first-order valence-corrected chi connectivity index (χ1v) is 7.66. The Labute approximate surface area is 117 Å². The fourth-order valence-electron chi connectivity index (χ4n) is 1.52. The van der Waals surface area contributed by atoms with Gasteiger partial charge in [0.05, 0.1) is 8.12 Å². The molecule has 0 bridgehead atoms. The summed E-state index contributed by atoms with van der Waals surface area (Å²) >= 11 is 12.8. The van der Waals surface area contributed by atoms with Crippen LogP contribution in [0.1, 0.15) is 15.8 Å². The van der Waals surface area contributed by atoms with Gasteiger partial charge in [0.15, 0.2) is 0 Å². The monoisotopic (exact) mass is 335 g/mol. The second-order valence-corrected chi connectivity index (χ2v) is 7.69. The maximum Gasteiger partial charge on any atom is 0.0931 e. The van der Waals surface area contributed by atoms with E-state index in [4.69, 9.17) is 11.6 Å². The third-order valence-corrected chi connectivity index (χ3v) is 5.31. The molecule has 0 aromatic carbocycles. The molecule has 0 fully saturated rings. The van der Waals surface area contributed by atoms with Crippen LogP contribution in [0, 0.1) is 0 Å². The van der Waals surface area contributed by atoms with Gasteiger partial charge in [-0.25, -0.2) is 0 Å². The molecule has 0 radical (unpaired) electrons. The summed E-state index contributed by atoms with van der Waals surface area (Å²) in [6.07, 6.45) is 0.987. The third-order valence-electron chi connectivity index (χ3n) is 2.32. The summed E-state index contributed by atoms with van der Waals surface area (Å²) < 4.78 is 2.03. The molecule has 0 aliphatic rings. The fraction of sp³-hybridized carbons (Fsp3) is 0.273. The minimum Gasteiger partial charge on any atom is -0.312 e. The highest BCUT2D eigenvalue weighted by Gasteiger charge is 2.13. The van der Waals surface area contributed by atoms with Crippen LogP contribution in [0.2, 0.25) is 4.34 Å². The number of hydrogen-bond donors (Lipinski definition) is 1. The van der Waals surface area contributed by atoms with Gasteiger partial charge in [-0.1, -0.05) is 11.6 Å². The van der Waals surface area contributed by atoms with Crippen molar-refractivity contribution in [2.24, 2.45) is 0 Å². The van der Waals surface area contributed by atoms with Gasteiger partial charge in [0, 0.05) is 22.2 Å². The van der Waals surface area contributed by atoms with Gasteiger partial charge < -0.3 is 5.32 Å². The molecule has 2 aromatic rings. The molecule has 0 spiro atoms. The summed E-state index contributed by atoms with van der Waals surface area (Å²) in [5.74, 6) is 0. The Hall–Kier alpha value is 0.130. The van der Waals surface area contributed by atoms with Crippen molar-refractivity contribution in [3.05, 3.63) is 42.1 Å². The van der Waals surface area contributed by atoms with Crippen LogP contribution in [-0.2, 0) is 6.42 Å². The van der Waals surface area contributed by atoms with Crippen LogP contribution in [-0.4, -0.2) is 7.05 Å². The first kappa shape index (κ1) is 12.6. The largest absolute Gasteiger partial charge is 0.312 e. The average Bonchev–Trinajstić information content (AvgIpc) is 2.84. The molecule has 5 heteroatoms. The van der Waals surface area contributed by atoms with Crippen LogP contribution in [0.5, 0.6) is 0 Å². The van der Waals surface area contributed by atoms with E-state index in [2.05, 4.69) is 39.4 Å². The van der Waals surface area contributed by atoms with E-state index in [-0.39, 0.29) is 0 Å². The van der Waals surface area contributed by atoms with E-state index in [1.165, 1.54) is 13.5 Å². The van der Waals surface area contributed by atoms with Crippen molar-refractivity contribution >= 4 is 50.2 Å². The molecule has 0 aliphatic carbocycles. The normalized spacial score (nSPS) is 12.9. The molecule has 2 aromatic heterocycles. The summed E-state index contributed by atoms with van der Waals surface area (Å²) in [5.41, 5.74) is 0. The van der Waals surface area contributed by atoms with Crippen molar-refractivity contribution in [3.8, 4) is 0 Å². The average molecular weight is 337 g/mol. The van der Waals surface area contributed by atoms with Gasteiger partial charge in [0.2, 0.25) is 0 Å². The summed E-state index contributed by atoms with van der Waals surface area (Å²) in [5, 5.41) is 3.34. The lowest BCUT2D eigenvalue weighted by Gasteiger charge is -2.12. The van der Waals surface area contributed by atoms with E-state index >= 15 is 0 Å². The second kappa shape index (κ2) is 5.65. The minimum atomic E-state index is 0.367. The van der Waals surface area contributed by atoms with E-state index in [1.54, 1.807) is 22.7 Å². The lowest BCUT2D eigenvalue weighted by molar-refractivity contribution is 0.607. The standard InChI is InChI=1S/C11H11BrClNS2/c1-14-8(9-3-4-10(12)16-9)6-7-2-5-11(13)15-7/h2-5,8,14H,6H2,1H3. The molecule has 1 N–H and O–H groups in total. The molecule has 86 valence electrons. The van der Waals surface area contributed by atoms with Crippen molar-refractivity contribution in [2.45, 2.75) is 12.5 Å². The number of thiophene rings is 2. The lowest BCUT2D eigenvalue weighted by atomic mass is 10.1. The zero-order chi connectivity index (χ0) is 11.5. The second-order valence-electron chi connectivity index (χ2n) is 3.39. The molecular formula is C11H11BrClNS2. The van der Waals surface area contributed by atoms with Crippen molar-refractivity contribution in [1.82, 2.24) is 5.32 Å². The smallest absolute Gasteiger partial charge is 0.0931 e. The topological polar surface area (TPSA) is 12.0 Å². The Morgan fingerprint density at radius 3 is 2.62 bits per heavy atom. The number of halogens is 2. The lowest BCUT2D eigenvalue weighted by Crippen LogP contribution is -2.17. The highest BCUT2D eigenvalue weighted by molar-refractivity contribution is 9.11. The van der Waals surface area contributed by atoms with Crippen LogP contribution in [0.25, 0.3) is 0 Å². The number of rotatable bonds is 4. The molecule has 0 saturated heterocycles. The minimum absolute atomic E-state index is 0.367. The predicted molar refractivity (Wildman–Crippen MR) is 76.9 cm³/mol. The summed E-state index contributed by atoms with van der Waals surface area (Å²) in [4.78, 5) is 2.66. The number of nitrogens with one attached hydrogen (secondary N) is 1. The van der Waals surface area contributed by atoms with Crippen molar-refractivity contribution < 1.29 is 0 Å². The zero-order valence-corrected chi connectivity index (χ0v) is 12.6. The SMILES string of the molecule is CNC(Cc1ccc(Cl)s1)c1ccc(Br)s1. The van der Waals surface area contributed by atoms with Gasteiger partial charge in [-0.3, -0.25) is 0 Å². The van der Waals surface area contributed by atoms with E-state index in [9.17, 15) is 0 Å². The van der Waals surface area contributed by atoms with Gasteiger partial charge in [0.1, 0.15) is 0 Å². The van der Waals surface area contributed by atoms with Gasteiger partial charge >= 0.3 is 0 Å². The molecule has 1 nitrogen and oxygen atoms in total. The predicted octanol–water partition coefficient (Wildman–Crippen LogP) is 4.73. The summed E-state index contributed by atoms with van der Waals surface area (Å²) in [6, 6.07) is 8.67. The zero-order valence-electron chi connectivity index (χ0n) is 8.67. The van der Waals surface area contributed by atoms with Crippen LogP contribution in [0.4, 0.5) is 0 Å². The summed E-state index contributed by atoms with van der Waals surface area (Å²) in [7, 11) is 1.99. The highest BCUT2D eigenvalue weighted by Crippen LogP contribution is 2.31. The quantitative estimate of drug-likeness (QED) is 0.851. The molecular weight excluding hydrogens is 326 g/mol. The maximum atomic E-state index is 5.93. The Morgan fingerprint density at radius 2 is 2.12 bits per heavy atom. The molecule has 2 heterocycles. The summed E-state index contributed by atoms with van der Waals surface area (Å²) in [6.45, 7) is 0. The number of hydrogen-bond acceptors (Lipinski definition) is 3. The van der Waals surface area contributed by atoms with Crippen LogP contribution in [0.15, 0.2) is 28.1 Å². The number of likely N-dealkylation sites (N-methyl/N-ethyl adjacent to an activating group) is 1. The van der Waals surface area contributed by atoms with Crippen LogP contribution >= 0.6 is 50.2 Å². The first-order valence-electron chi connectivity index (χ1n) is 4.85. The Morgan fingerprint density at radius 1 is 1.31 bits per heavy atom. The van der Waals surface area contributed by atoms with Gasteiger partial charge in [-0.2, -0.15) is 0 Å². The molecule has 16 heavy (non-hydrogen) atoms. The van der Waals surface area contributed by atoms with Gasteiger partial charge in [0.25, 0.3) is 0 Å². The molecule has 1 unspecified atom stereocenters. The molecule has 0 aliphatic heterocycles. The van der Waals surface area contributed by atoms with E-state index in [1.807, 2.05) is 13.1 Å².